The summed E-state index contributed by atoms with van der Waals surface area (Å²) in [6, 6.07) is 14.5. The average molecular weight is 430 g/mol. The second-order valence-electron chi connectivity index (χ2n) is 7.45. The Balaban J connectivity index is 1.55. The number of nitrogens with one attached hydrogen (secondary N) is 1. The Kier molecular flexibility index (Phi) is 4.44. The zero-order chi connectivity index (χ0) is 21.7. The molecule has 3 heterocycles. The van der Waals surface area contributed by atoms with E-state index < -0.39 is 11.5 Å². The van der Waals surface area contributed by atoms with Crippen molar-refractivity contribution < 1.29 is 9.21 Å². The number of carbonyl (C=O) groups is 1. The molecule has 154 valence electrons. The lowest BCUT2D eigenvalue weighted by Crippen LogP contribution is -2.22. The van der Waals surface area contributed by atoms with Gasteiger partial charge in [-0.3, -0.25) is 4.79 Å². The van der Waals surface area contributed by atoms with E-state index in [1.54, 1.807) is 28.9 Å². The molecule has 3 aromatic heterocycles. The fraction of sp³-hybridized carbons (Fsp3) is 0.130. The molecule has 0 aliphatic heterocycles. The molecule has 0 saturated carbocycles. The number of hydrogen-bond donors (Lipinski definition) is 1. The first-order valence-corrected chi connectivity index (χ1v) is 10.5. The number of benzene rings is 2. The normalized spacial score (nSPS) is 11.3. The first-order valence-electron chi connectivity index (χ1n) is 9.68. The maximum atomic E-state index is 12.9. The van der Waals surface area contributed by atoms with Crippen LogP contribution in [-0.2, 0) is 0 Å². The number of nitrogens with zero attached hydrogens (tertiary/aromatic N) is 3. The van der Waals surface area contributed by atoms with Gasteiger partial charge in [0.05, 0.1) is 15.9 Å². The molecule has 0 unspecified atom stereocenters. The Labute approximate surface area is 181 Å². The van der Waals surface area contributed by atoms with Crippen LogP contribution in [-0.4, -0.2) is 20.7 Å². The molecule has 0 bridgehead atoms. The molecule has 7 nitrogen and oxygen atoms in total. The third kappa shape index (κ3) is 3.40. The lowest BCUT2D eigenvalue weighted by atomic mass is 10.1. The topological polar surface area (TPSA) is 90.0 Å². The molecule has 0 saturated heterocycles. The first-order chi connectivity index (χ1) is 14.9. The highest BCUT2D eigenvalue weighted by Crippen LogP contribution is 2.30. The third-order valence-corrected chi connectivity index (χ3v) is 5.94. The van der Waals surface area contributed by atoms with E-state index in [-0.39, 0.29) is 5.56 Å². The minimum Gasteiger partial charge on any atom is -0.422 e. The number of aromatic nitrogens is 3. The van der Waals surface area contributed by atoms with Crippen molar-refractivity contribution in [3.63, 3.8) is 0 Å². The van der Waals surface area contributed by atoms with Crippen LogP contribution in [0.3, 0.4) is 0 Å². The van der Waals surface area contributed by atoms with Crippen LogP contribution in [0, 0.1) is 20.8 Å². The summed E-state index contributed by atoms with van der Waals surface area (Å²) >= 11 is 1.49. The molecule has 0 fully saturated rings. The molecule has 0 spiro atoms. The van der Waals surface area contributed by atoms with Crippen molar-refractivity contribution in [1.82, 2.24) is 14.8 Å². The van der Waals surface area contributed by atoms with Gasteiger partial charge in [0, 0.05) is 11.5 Å². The summed E-state index contributed by atoms with van der Waals surface area (Å²) < 4.78 is 7.93. The van der Waals surface area contributed by atoms with Gasteiger partial charge in [-0.15, -0.1) is 0 Å². The van der Waals surface area contributed by atoms with Crippen LogP contribution in [0.15, 0.2) is 57.7 Å². The third-order valence-electron chi connectivity index (χ3n) is 4.96. The van der Waals surface area contributed by atoms with E-state index in [1.165, 1.54) is 17.4 Å². The van der Waals surface area contributed by atoms with Crippen molar-refractivity contribution in [3.05, 3.63) is 81.3 Å². The SMILES string of the molecule is Cc1cc(C)c2nc(-n3nc(C)cc3NC(=O)c3cc4ccccc4oc3=O)sc2c1. The number of amides is 1. The highest BCUT2D eigenvalue weighted by atomic mass is 32.1. The summed E-state index contributed by atoms with van der Waals surface area (Å²) in [4.78, 5) is 30.0. The van der Waals surface area contributed by atoms with E-state index >= 15 is 0 Å². The molecule has 0 atom stereocenters. The molecule has 8 heteroatoms. The van der Waals surface area contributed by atoms with Gasteiger partial charge in [-0.1, -0.05) is 35.6 Å². The van der Waals surface area contributed by atoms with Crippen LogP contribution in [0.1, 0.15) is 27.2 Å². The highest BCUT2D eigenvalue weighted by Gasteiger charge is 2.19. The Morgan fingerprint density at radius 2 is 1.90 bits per heavy atom. The summed E-state index contributed by atoms with van der Waals surface area (Å²) in [5, 5.41) is 8.60. The summed E-state index contributed by atoms with van der Waals surface area (Å²) in [5.41, 5.74) is 3.54. The number of hydrogen-bond acceptors (Lipinski definition) is 6. The van der Waals surface area contributed by atoms with E-state index in [0.717, 1.165) is 21.3 Å². The second kappa shape index (κ2) is 7.17. The van der Waals surface area contributed by atoms with Gasteiger partial charge in [-0.2, -0.15) is 9.78 Å². The van der Waals surface area contributed by atoms with Gasteiger partial charge in [0.15, 0.2) is 0 Å². The predicted octanol–water partition coefficient (Wildman–Crippen LogP) is 4.77. The van der Waals surface area contributed by atoms with Gasteiger partial charge >= 0.3 is 5.63 Å². The molecule has 5 rings (SSSR count). The number of carbonyl (C=O) groups excluding carboxylic acids is 1. The van der Waals surface area contributed by atoms with E-state index in [9.17, 15) is 9.59 Å². The van der Waals surface area contributed by atoms with Crippen molar-refractivity contribution >= 4 is 44.2 Å². The highest BCUT2D eigenvalue weighted by molar-refractivity contribution is 7.20. The molecule has 0 radical (unpaired) electrons. The smallest absolute Gasteiger partial charge is 0.349 e. The van der Waals surface area contributed by atoms with E-state index in [4.69, 9.17) is 9.40 Å². The zero-order valence-corrected chi connectivity index (χ0v) is 17.9. The van der Waals surface area contributed by atoms with Crippen molar-refractivity contribution in [2.45, 2.75) is 20.8 Å². The Morgan fingerprint density at radius 1 is 1.10 bits per heavy atom. The lowest BCUT2D eigenvalue weighted by Gasteiger charge is -2.06. The predicted molar refractivity (Wildman–Crippen MR) is 121 cm³/mol. The van der Waals surface area contributed by atoms with Crippen molar-refractivity contribution in [1.29, 1.82) is 0 Å². The van der Waals surface area contributed by atoms with E-state index in [2.05, 4.69) is 22.5 Å². The molecule has 1 N–H and O–H groups in total. The monoisotopic (exact) mass is 430 g/mol. The molecule has 5 aromatic rings. The van der Waals surface area contributed by atoms with Crippen LogP contribution >= 0.6 is 11.3 Å². The minimum absolute atomic E-state index is 0.0696. The number of thiazole rings is 1. The standard InChI is InChI=1S/C23H18N4O3S/c1-12-8-13(2)20-18(9-12)31-23(25-20)27-19(10-14(3)26-27)24-21(28)16-11-15-6-4-5-7-17(15)30-22(16)29/h4-11H,1-3H3,(H,24,28). The van der Waals surface area contributed by atoms with Crippen molar-refractivity contribution in [3.8, 4) is 5.13 Å². The minimum atomic E-state index is -0.690. The average Bonchev–Trinajstić information content (AvgIpc) is 3.30. The second-order valence-corrected chi connectivity index (χ2v) is 8.46. The molecular formula is C23H18N4O3S. The number of aryl methyl sites for hydroxylation is 3. The Bertz CT molecular complexity index is 1540. The fourth-order valence-corrected chi connectivity index (χ4v) is 4.70. The number of rotatable bonds is 3. The molecule has 0 aliphatic carbocycles. The Morgan fingerprint density at radius 3 is 2.74 bits per heavy atom. The van der Waals surface area contributed by atoms with Crippen molar-refractivity contribution in [2.75, 3.05) is 5.32 Å². The van der Waals surface area contributed by atoms with Gasteiger partial charge in [-0.05, 0) is 50.1 Å². The lowest BCUT2D eigenvalue weighted by molar-refractivity contribution is 0.102. The first kappa shape index (κ1) is 19.2. The number of anilines is 1. The summed E-state index contributed by atoms with van der Waals surface area (Å²) in [6.45, 7) is 5.90. The molecule has 2 aromatic carbocycles. The van der Waals surface area contributed by atoms with Crippen LogP contribution in [0.25, 0.3) is 26.3 Å². The van der Waals surface area contributed by atoms with Gasteiger partial charge in [0.2, 0.25) is 5.13 Å². The Hall–Kier alpha value is -3.78. The fourth-order valence-electron chi connectivity index (χ4n) is 3.59. The van der Waals surface area contributed by atoms with Gasteiger partial charge < -0.3 is 9.73 Å². The molecule has 1 amide bonds. The molecule has 31 heavy (non-hydrogen) atoms. The van der Waals surface area contributed by atoms with Crippen molar-refractivity contribution in [2.24, 2.45) is 0 Å². The van der Waals surface area contributed by atoms with Crippen LogP contribution < -0.4 is 10.9 Å². The molecule has 0 aliphatic rings. The number of para-hydroxylation sites is 1. The van der Waals surface area contributed by atoms with Crippen LogP contribution in [0.4, 0.5) is 5.82 Å². The summed E-state index contributed by atoms with van der Waals surface area (Å²) in [7, 11) is 0. The maximum absolute atomic E-state index is 12.9. The van der Waals surface area contributed by atoms with Crippen LogP contribution in [0.2, 0.25) is 0 Å². The van der Waals surface area contributed by atoms with Crippen LogP contribution in [0.5, 0.6) is 0 Å². The van der Waals surface area contributed by atoms with E-state index in [0.29, 0.717) is 27.6 Å². The van der Waals surface area contributed by atoms with E-state index in [1.807, 2.05) is 26.8 Å². The zero-order valence-electron chi connectivity index (χ0n) is 17.1. The largest absolute Gasteiger partial charge is 0.422 e. The van der Waals surface area contributed by atoms with Gasteiger partial charge in [0.1, 0.15) is 17.0 Å². The molecular weight excluding hydrogens is 412 g/mol. The van der Waals surface area contributed by atoms with Gasteiger partial charge in [0.25, 0.3) is 5.91 Å². The summed E-state index contributed by atoms with van der Waals surface area (Å²) in [5.74, 6) is -0.128. The number of fused-ring (bicyclic) bond motifs is 2. The van der Waals surface area contributed by atoms with Gasteiger partial charge in [-0.25, -0.2) is 9.78 Å². The quantitative estimate of drug-likeness (QED) is 0.417. The maximum Gasteiger partial charge on any atom is 0.349 e. The summed E-state index contributed by atoms with van der Waals surface area (Å²) in [6.07, 6.45) is 0.